The molecule has 1 heteroatoms. The van der Waals surface area contributed by atoms with Crippen molar-refractivity contribution in [2.24, 2.45) is 0 Å². The second kappa shape index (κ2) is 12.7. The van der Waals surface area contributed by atoms with Crippen LogP contribution in [0.5, 0.6) is 0 Å². The first kappa shape index (κ1) is 13.6. The molecule has 0 nitrogen and oxygen atoms in total. The van der Waals surface area contributed by atoms with Crippen LogP contribution in [-0.2, 0) is 0 Å². The molecule has 0 bridgehead atoms. The van der Waals surface area contributed by atoms with Crippen LogP contribution in [0.4, 0.5) is 0 Å². The Kier molecular flexibility index (Phi) is 15.7. The minimum atomic E-state index is 0. The van der Waals surface area contributed by atoms with E-state index >= 15 is 0 Å². The summed E-state index contributed by atoms with van der Waals surface area (Å²) in [6.07, 6.45) is 12.6. The summed E-state index contributed by atoms with van der Waals surface area (Å²) in [6, 6.07) is 0. The summed E-state index contributed by atoms with van der Waals surface area (Å²) in [5.74, 6) is 0. The zero-order valence-corrected chi connectivity index (χ0v) is 8.62. The van der Waals surface area contributed by atoms with Gasteiger partial charge >= 0.3 is 0 Å². The van der Waals surface area contributed by atoms with E-state index in [0.717, 1.165) is 0 Å². The Morgan fingerprint density at radius 3 is 2.18 bits per heavy atom. The van der Waals surface area contributed by atoms with E-state index in [4.69, 9.17) is 0 Å². The predicted molar refractivity (Wildman–Crippen MR) is 55.4 cm³/mol. The first-order valence-electron chi connectivity index (χ1n) is 4.56. The molecule has 0 saturated heterocycles. The van der Waals surface area contributed by atoms with Crippen LogP contribution >= 0.6 is 12.4 Å². The maximum Gasteiger partial charge on any atom is -0.0351 e. The van der Waals surface area contributed by atoms with Crippen molar-refractivity contribution < 1.29 is 0 Å². The molecular formula is C10H21Cl. The largest absolute Gasteiger partial charge is 0.147 e. The number of rotatable bonds is 6. The lowest BCUT2D eigenvalue weighted by Gasteiger charge is -1.92. The number of hydrogen-bond donors (Lipinski definition) is 0. The zero-order chi connectivity index (χ0) is 7.66. The fourth-order valence-electron chi connectivity index (χ4n) is 0.973. The van der Waals surface area contributed by atoms with Gasteiger partial charge in [0.2, 0.25) is 0 Å². The van der Waals surface area contributed by atoms with Gasteiger partial charge in [0, 0.05) is 0 Å². The quantitative estimate of drug-likeness (QED) is 0.417. The van der Waals surface area contributed by atoms with Gasteiger partial charge in [0.1, 0.15) is 0 Å². The molecule has 0 aromatic rings. The van der Waals surface area contributed by atoms with E-state index in [-0.39, 0.29) is 12.4 Å². The summed E-state index contributed by atoms with van der Waals surface area (Å²) in [4.78, 5) is 0. The lowest BCUT2D eigenvalue weighted by Crippen LogP contribution is -1.73. The van der Waals surface area contributed by atoms with Gasteiger partial charge in [-0.3, -0.25) is 0 Å². The number of hydrogen-bond acceptors (Lipinski definition) is 0. The predicted octanol–water partition coefficient (Wildman–Crippen LogP) is 4.34. The molecule has 0 N–H and O–H groups in total. The van der Waals surface area contributed by atoms with Crippen molar-refractivity contribution >= 4 is 12.4 Å². The normalized spacial score (nSPS) is 10.0. The highest BCUT2D eigenvalue weighted by Gasteiger charge is 1.82. The maximum atomic E-state index is 2.30. The minimum absolute atomic E-state index is 0. The van der Waals surface area contributed by atoms with Crippen LogP contribution in [0.15, 0.2) is 12.2 Å². The monoisotopic (exact) mass is 176 g/mol. The van der Waals surface area contributed by atoms with Gasteiger partial charge in [-0.2, -0.15) is 0 Å². The zero-order valence-electron chi connectivity index (χ0n) is 7.81. The van der Waals surface area contributed by atoms with Crippen LogP contribution in [0.25, 0.3) is 0 Å². The topological polar surface area (TPSA) is 0 Å². The van der Waals surface area contributed by atoms with Crippen LogP contribution in [0.2, 0.25) is 0 Å². The lowest BCUT2D eigenvalue weighted by atomic mass is 10.1. The van der Waals surface area contributed by atoms with E-state index in [9.17, 15) is 0 Å². The molecule has 0 rings (SSSR count). The minimum Gasteiger partial charge on any atom is -0.147 e. The molecule has 68 valence electrons. The van der Waals surface area contributed by atoms with Crippen molar-refractivity contribution in [2.45, 2.75) is 52.4 Å². The van der Waals surface area contributed by atoms with Gasteiger partial charge < -0.3 is 0 Å². The Morgan fingerprint density at radius 1 is 0.909 bits per heavy atom. The summed E-state index contributed by atoms with van der Waals surface area (Å²) in [7, 11) is 0. The maximum absolute atomic E-state index is 2.30. The molecule has 0 aliphatic carbocycles. The Morgan fingerprint density at radius 2 is 1.64 bits per heavy atom. The second-order valence-corrected chi connectivity index (χ2v) is 2.73. The van der Waals surface area contributed by atoms with Gasteiger partial charge in [-0.1, -0.05) is 45.3 Å². The molecule has 0 radical (unpaired) electrons. The third-order valence-electron chi connectivity index (χ3n) is 1.63. The molecule has 0 aliphatic heterocycles. The first-order valence-corrected chi connectivity index (χ1v) is 4.56. The van der Waals surface area contributed by atoms with E-state index in [1.165, 1.54) is 38.5 Å². The average molecular weight is 177 g/mol. The molecule has 0 aromatic carbocycles. The highest BCUT2D eigenvalue weighted by atomic mass is 35.5. The van der Waals surface area contributed by atoms with E-state index in [2.05, 4.69) is 26.0 Å². The molecule has 0 unspecified atom stereocenters. The highest BCUT2D eigenvalue weighted by Crippen LogP contribution is 2.02. The van der Waals surface area contributed by atoms with Crippen molar-refractivity contribution in [3.8, 4) is 0 Å². The molecular weight excluding hydrogens is 156 g/mol. The van der Waals surface area contributed by atoms with E-state index < -0.39 is 0 Å². The Labute approximate surface area is 77.5 Å². The SMILES string of the molecule is CC/C=C/CCCCCC.Cl. The molecule has 0 heterocycles. The van der Waals surface area contributed by atoms with Gasteiger partial charge in [0.15, 0.2) is 0 Å². The molecule has 0 fully saturated rings. The fraction of sp³-hybridized carbons (Fsp3) is 0.800. The summed E-state index contributed by atoms with van der Waals surface area (Å²) in [5.41, 5.74) is 0. The van der Waals surface area contributed by atoms with Crippen LogP contribution in [0, 0.1) is 0 Å². The highest BCUT2D eigenvalue weighted by molar-refractivity contribution is 5.85. The molecule has 0 aromatic heterocycles. The number of unbranched alkanes of at least 4 members (excludes halogenated alkanes) is 4. The average Bonchev–Trinajstić information content (AvgIpc) is 1.97. The molecule has 0 aliphatic rings. The Hall–Kier alpha value is 0.0300. The Bertz CT molecular complexity index is 76.9. The lowest BCUT2D eigenvalue weighted by molar-refractivity contribution is 0.674. The molecule has 0 atom stereocenters. The molecule has 0 amide bonds. The van der Waals surface area contributed by atoms with E-state index in [1.807, 2.05) is 0 Å². The van der Waals surface area contributed by atoms with E-state index in [1.54, 1.807) is 0 Å². The summed E-state index contributed by atoms with van der Waals surface area (Å²) < 4.78 is 0. The summed E-state index contributed by atoms with van der Waals surface area (Å²) in [5, 5.41) is 0. The fourth-order valence-corrected chi connectivity index (χ4v) is 0.973. The van der Waals surface area contributed by atoms with Crippen molar-refractivity contribution in [3.63, 3.8) is 0 Å². The first-order chi connectivity index (χ1) is 4.91. The van der Waals surface area contributed by atoms with Gasteiger partial charge in [0.25, 0.3) is 0 Å². The Balaban J connectivity index is 0. The molecule has 0 spiro atoms. The van der Waals surface area contributed by atoms with Crippen molar-refractivity contribution in [1.82, 2.24) is 0 Å². The van der Waals surface area contributed by atoms with E-state index in [0.29, 0.717) is 0 Å². The third kappa shape index (κ3) is 13.1. The van der Waals surface area contributed by atoms with Gasteiger partial charge in [-0.25, -0.2) is 0 Å². The third-order valence-corrected chi connectivity index (χ3v) is 1.63. The van der Waals surface area contributed by atoms with Crippen molar-refractivity contribution in [3.05, 3.63) is 12.2 Å². The number of halogens is 1. The standard InChI is InChI=1S/C10H20.ClH/c1-3-5-7-9-10-8-6-4-2;/h5,7H,3-4,6,8-10H2,1-2H3;1H/b7-5+;. The van der Waals surface area contributed by atoms with Crippen molar-refractivity contribution in [2.75, 3.05) is 0 Å². The van der Waals surface area contributed by atoms with Crippen LogP contribution in [-0.4, -0.2) is 0 Å². The van der Waals surface area contributed by atoms with Crippen LogP contribution < -0.4 is 0 Å². The van der Waals surface area contributed by atoms with Crippen LogP contribution in [0.3, 0.4) is 0 Å². The second-order valence-electron chi connectivity index (χ2n) is 2.73. The van der Waals surface area contributed by atoms with Crippen LogP contribution in [0.1, 0.15) is 52.4 Å². The van der Waals surface area contributed by atoms with Gasteiger partial charge in [0.05, 0.1) is 0 Å². The summed E-state index contributed by atoms with van der Waals surface area (Å²) >= 11 is 0. The van der Waals surface area contributed by atoms with Crippen molar-refractivity contribution in [1.29, 1.82) is 0 Å². The molecule has 0 saturated carbocycles. The van der Waals surface area contributed by atoms with Gasteiger partial charge in [-0.05, 0) is 19.3 Å². The molecule has 11 heavy (non-hydrogen) atoms. The number of allylic oxidation sites excluding steroid dienone is 2. The summed E-state index contributed by atoms with van der Waals surface area (Å²) in [6.45, 7) is 4.43. The smallest absolute Gasteiger partial charge is 0.0351 e. The van der Waals surface area contributed by atoms with Gasteiger partial charge in [-0.15, -0.1) is 12.4 Å².